The molecule has 1 aromatic carbocycles. The van der Waals surface area contributed by atoms with E-state index in [0.29, 0.717) is 28.9 Å². The first kappa shape index (κ1) is 18.6. The maximum Gasteiger partial charge on any atom is 0.216 e. The standard InChI is InChI=1S/C19H20FNO4/c1-5-14-18(12(4)23)10(2)21-19(14)17(24)9-25-13-6-7-15(11(3)22)16(20)8-13/h6-8,21H,5,9H2,1-4H3. The molecule has 5 nitrogen and oxygen atoms in total. The fourth-order valence-corrected chi connectivity index (χ4v) is 2.84. The second-order valence-corrected chi connectivity index (χ2v) is 5.80. The summed E-state index contributed by atoms with van der Waals surface area (Å²) in [5.41, 5.74) is 2.15. The number of Topliss-reactive ketones (excluding diaryl/α,β-unsaturated/α-hetero) is 3. The van der Waals surface area contributed by atoms with E-state index in [9.17, 15) is 18.8 Å². The van der Waals surface area contributed by atoms with E-state index in [2.05, 4.69) is 4.98 Å². The van der Waals surface area contributed by atoms with Crippen molar-refractivity contribution in [3.8, 4) is 5.75 Å². The summed E-state index contributed by atoms with van der Waals surface area (Å²) >= 11 is 0. The molecule has 0 saturated heterocycles. The third-order valence-corrected chi connectivity index (χ3v) is 3.97. The largest absolute Gasteiger partial charge is 0.485 e. The molecular formula is C19H20FNO4. The Labute approximate surface area is 145 Å². The first-order chi connectivity index (χ1) is 11.8. The first-order valence-electron chi connectivity index (χ1n) is 7.95. The van der Waals surface area contributed by atoms with Gasteiger partial charge in [-0.3, -0.25) is 14.4 Å². The number of rotatable bonds is 7. The van der Waals surface area contributed by atoms with Crippen LogP contribution in [0.5, 0.6) is 5.75 Å². The third kappa shape index (κ3) is 3.84. The average Bonchev–Trinajstić information content (AvgIpc) is 2.89. The Morgan fingerprint density at radius 2 is 1.84 bits per heavy atom. The molecule has 0 atom stereocenters. The van der Waals surface area contributed by atoms with Crippen LogP contribution < -0.4 is 4.74 Å². The average molecular weight is 345 g/mol. The van der Waals surface area contributed by atoms with E-state index in [1.54, 1.807) is 6.92 Å². The molecule has 2 aromatic rings. The highest BCUT2D eigenvalue weighted by Crippen LogP contribution is 2.22. The molecule has 0 radical (unpaired) electrons. The van der Waals surface area contributed by atoms with Gasteiger partial charge in [-0.15, -0.1) is 0 Å². The van der Waals surface area contributed by atoms with Gasteiger partial charge in [0.15, 0.2) is 18.2 Å². The molecule has 0 fully saturated rings. The summed E-state index contributed by atoms with van der Waals surface area (Å²) in [6.07, 6.45) is 0.530. The summed E-state index contributed by atoms with van der Waals surface area (Å²) in [6, 6.07) is 3.84. The number of aromatic nitrogens is 1. The summed E-state index contributed by atoms with van der Waals surface area (Å²) in [5.74, 6) is -1.35. The minimum atomic E-state index is -0.693. The molecule has 6 heteroatoms. The number of ketones is 3. The SMILES string of the molecule is CCc1c(C(=O)COc2ccc(C(C)=O)c(F)c2)[nH]c(C)c1C(C)=O. The summed E-state index contributed by atoms with van der Waals surface area (Å²) in [7, 11) is 0. The molecule has 1 N–H and O–H groups in total. The van der Waals surface area contributed by atoms with Crippen molar-refractivity contribution in [1.82, 2.24) is 4.98 Å². The first-order valence-corrected chi connectivity index (χ1v) is 7.95. The van der Waals surface area contributed by atoms with E-state index in [1.165, 1.54) is 26.0 Å². The number of hydrogen-bond donors (Lipinski definition) is 1. The summed E-state index contributed by atoms with van der Waals surface area (Å²) in [5, 5.41) is 0. The Morgan fingerprint density at radius 1 is 1.16 bits per heavy atom. The minimum absolute atomic E-state index is 0.0296. The number of ether oxygens (including phenoxy) is 1. The molecular weight excluding hydrogens is 325 g/mol. The van der Waals surface area contributed by atoms with Crippen molar-refractivity contribution in [3.63, 3.8) is 0 Å². The van der Waals surface area contributed by atoms with Crippen molar-refractivity contribution in [1.29, 1.82) is 0 Å². The monoisotopic (exact) mass is 345 g/mol. The van der Waals surface area contributed by atoms with Crippen LogP contribution in [0.3, 0.4) is 0 Å². The van der Waals surface area contributed by atoms with Crippen LogP contribution in [0.4, 0.5) is 4.39 Å². The highest BCUT2D eigenvalue weighted by Gasteiger charge is 2.22. The molecule has 1 heterocycles. The lowest BCUT2D eigenvalue weighted by Crippen LogP contribution is -2.14. The van der Waals surface area contributed by atoms with Crippen molar-refractivity contribution in [3.05, 3.63) is 52.1 Å². The number of nitrogens with one attached hydrogen (secondary N) is 1. The number of aromatic amines is 1. The number of hydrogen-bond acceptors (Lipinski definition) is 4. The van der Waals surface area contributed by atoms with Crippen LogP contribution in [0.2, 0.25) is 0 Å². The molecule has 0 spiro atoms. The molecule has 1 aromatic heterocycles. The van der Waals surface area contributed by atoms with Gasteiger partial charge in [0.05, 0.1) is 11.3 Å². The van der Waals surface area contributed by atoms with Gasteiger partial charge in [0.25, 0.3) is 0 Å². The van der Waals surface area contributed by atoms with Crippen LogP contribution >= 0.6 is 0 Å². The van der Waals surface area contributed by atoms with E-state index in [1.807, 2.05) is 6.92 Å². The van der Waals surface area contributed by atoms with Crippen LogP contribution in [-0.4, -0.2) is 28.9 Å². The Kier molecular flexibility index (Phi) is 5.51. The molecule has 0 aliphatic heterocycles. The number of carbonyl (C=O) groups is 3. The number of H-pyrrole nitrogens is 1. The molecule has 132 valence electrons. The molecule has 25 heavy (non-hydrogen) atoms. The predicted octanol–water partition coefficient (Wildman–Crippen LogP) is 3.69. The van der Waals surface area contributed by atoms with Gasteiger partial charge in [0, 0.05) is 17.3 Å². The van der Waals surface area contributed by atoms with Crippen LogP contribution in [0.1, 0.15) is 63.2 Å². The van der Waals surface area contributed by atoms with Gasteiger partial charge in [0.1, 0.15) is 11.6 Å². The summed E-state index contributed by atoms with van der Waals surface area (Å²) in [6.45, 7) is 6.03. The van der Waals surface area contributed by atoms with Gasteiger partial charge in [-0.1, -0.05) is 6.92 Å². The predicted molar refractivity (Wildman–Crippen MR) is 91.1 cm³/mol. The van der Waals surface area contributed by atoms with Crippen LogP contribution in [0, 0.1) is 12.7 Å². The highest BCUT2D eigenvalue weighted by molar-refractivity contribution is 6.04. The maximum atomic E-state index is 13.8. The van der Waals surface area contributed by atoms with Crippen molar-refractivity contribution >= 4 is 17.3 Å². The van der Waals surface area contributed by atoms with E-state index >= 15 is 0 Å². The Bertz CT molecular complexity index is 851. The Balaban J connectivity index is 2.18. The molecule has 0 saturated carbocycles. The van der Waals surface area contributed by atoms with Gasteiger partial charge in [-0.2, -0.15) is 0 Å². The smallest absolute Gasteiger partial charge is 0.216 e. The number of carbonyl (C=O) groups excluding carboxylic acids is 3. The fraction of sp³-hybridized carbons (Fsp3) is 0.316. The third-order valence-electron chi connectivity index (χ3n) is 3.97. The normalized spacial score (nSPS) is 10.6. The number of halogens is 1. The molecule has 0 aliphatic carbocycles. The number of benzene rings is 1. The molecule has 0 unspecified atom stereocenters. The van der Waals surface area contributed by atoms with Gasteiger partial charge >= 0.3 is 0 Å². The van der Waals surface area contributed by atoms with Gasteiger partial charge in [0.2, 0.25) is 5.78 Å². The van der Waals surface area contributed by atoms with E-state index in [0.717, 1.165) is 6.07 Å². The maximum absolute atomic E-state index is 13.8. The van der Waals surface area contributed by atoms with Gasteiger partial charge in [-0.25, -0.2) is 4.39 Å². The molecule has 0 amide bonds. The zero-order chi connectivity index (χ0) is 18.7. The Morgan fingerprint density at radius 3 is 2.36 bits per heavy atom. The van der Waals surface area contributed by atoms with Crippen molar-refractivity contribution in [2.24, 2.45) is 0 Å². The van der Waals surface area contributed by atoms with Crippen LogP contribution in [0.15, 0.2) is 18.2 Å². The molecule has 2 rings (SSSR count). The summed E-state index contributed by atoms with van der Waals surface area (Å²) < 4.78 is 19.1. The molecule has 0 aliphatic rings. The Hall–Kier alpha value is -2.76. The lowest BCUT2D eigenvalue weighted by atomic mass is 10.0. The topological polar surface area (TPSA) is 76.2 Å². The highest BCUT2D eigenvalue weighted by atomic mass is 19.1. The van der Waals surface area contributed by atoms with E-state index in [4.69, 9.17) is 4.74 Å². The zero-order valence-electron chi connectivity index (χ0n) is 14.7. The fourth-order valence-electron chi connectivity index (χ4n) is 2.84. The van der Waals surface area contributed by atoms with Crippen molar-refractivity contribution in [2.45, 2.75) is 34.1 Å². The zero-order valence-corrected chi connectivity index (χ0v) is 14.7. The summed E-state index contributed by atoms with van der Waals surface area (Å²) in [4.78, 5) is 38.4. The molecule has 0 bridgehead atoms. The second-order valence-electron chi connectivity index (χ2n) is 5.80. The van der Waals surface area contributed by atoms with E-state index in [-0.39, 0.29) is 35.3 Å². The number of aryl methyl sites for hydroxylation is 1. The van der Waals surface area contributed by atoms with Crippen LogP contribution in [-0.2, 0) is 6.42 Å². The second kappa shape index (κ2) is 7.42. The lowest BCUT2D eigenvalue weighted by Gasteiger charge is -2.07. The van der Waals surface area contributed by atoms with Gasteiger partial charge < -0.3 is 9.72 Å². The van der Waals surface area contributed by atoms with Gasteiger partial charge in [-0.05, 0) is 44.9 Å². The van der Waals surface area contributed by atoms with Crippen molar-refractivity contribution in [2.75, 3.05) is 6.61 Å². The lowest BCUT2D eigenvalue weighted by molar-refractivity contribution is 0.0914. The quantitative estimate of drug-likeness (QED) is 0.777. The van der Waals surface area contributed by atoms with Crippen LogP contribution in [0.25, 0.3) is 0 Å². The minimum Gasteiger partial charge on any atom is -0.485 e. The van der Waals surface area contributed by atoms with E-state index < -0.39 is 5.82 Å². The van der Waals surface area contributed by atoms with Crippen molar-refractivity contribution < 1.29 is 23.5 Å².